The van der Waals surface area contributed by atoms with Gasteiger partial charge in [-0.05, 0) is 48.5 Å². The Labute approximate surface area is 179 Å². The Morgan fingerprint density at radius 1 is 1.00 bits per heavy atom. The summed E-state index contributed by atoms with van der Waals surface area (Å²) in [6.07, 6.45) is -1.71. The molecule has 6 nitrogen and oxygen atoms in total. The van der Waals surface area contributed by atoms with Crippen molar-refractivity contribution in [3.05, 3.63) is 89.4 Å². The van der Waals surface area contributed by atoms with Crippen LogP contribution < -0.4 is 9.75 Å². The molecule has 1 saturated heterocycles. The Bertz CT molecular complexity index is 1060. The van der Waals surface area contributed by atoms with E-state index < -0.39 is 12.2 Å². The van der Waals surface area contributed by atoms with Crippen LogP contribution in [0.15, 0.2) is 78.9 Å². The van der Waals surface area contributed by atoms with Gasteiger partial charge in [-0.15, -0.1) is 0 Å². The number of carbonyl (C=O) groups is 1. The van der Waals surface area contributed by atoms with Gasteiger partial charge in [0.25, 0.3) is 0 Å². The Morgan fingerprint density at radius 2 is 1.70 bits per heavy atom. The second-order valence-electron chi connectivity index (χ2n) is 6.62. The van der Waals surface area contributed by atoms with Gasteiger partial charge in [-0.1, -0.05) is 41.9 Å². The minimum atomic E-state index is -1.08. The summed E-state index contributed by atoms with van der Waals surface area (Å²) in [6.45, 7) is 1.46. The summed E-state index contributed by atoms with van der Waals surface area (Å²) >= 11 is 5.95. The van der Waals surface area contributed by atoms with Crippen LogP contribution in [0, 0.1) is 11.3 Å². The van der Waals surface area contributed by atoms with Gasteiger partial charge < -0.3 is 9.47 Å². The largest absolute Gasteiger partial charge is 0.457 e. The Hall–Kier alpha value is -3.53. The predicted molar refractivity (Wildman–Crippen MR) is 113 cm³/mol. The zero-order chi connectivity index (χ0) is 20.9. The smallest absolute Gasteiger partial charge is 0.430 e. The van der Waals surface area contributed by atoms with Crippen LogP contribution in [0.5, 0.6) is 11.5 Å². The number of hydrogen-bond acceptors (Lipinski definition) is 5. The number of nitrogens with zero attached hydrogens (tertiary/aromatic N) is 3. The average Bonchev–Trinajstić information content (AvgIpc) is 3.59. The number of carbonyl (C=O) groups excluding carboxylic acids is 1. The molecule has 4 rings (SSSR count). The maximum atomic E-state index is 12.9. The number of rotatable bonds is 6. The molecule has 1 fully saturated rings. The van der Waals surface area contributed by atoms with E-state index in [-0.39, 0.29) is 0 Å². The standard InChI is InChI=1S/C23H18ClN3O3/c24-18-9-11-19(12-10-18)27(26-13-14-26)23(28)30-22(16-25)17-5-4-8-21(15-17)29-20-6-2-1-3-7-20/h1-12,15,22H,13-14H2. The molecule has 1 aliphatic heterocycles. The first-order valence-corrected chi connectivity index (χ1v) is 9.75. The lowest BCUT2D eigenvalue weighted by Gasteiger charge is -2.24. The number of ether oxygens (including phenoxy) is 2. The molecule has 7 heteroatoms. The fourth-order valence-electron chi connectivity index (χ4n) is 2.90. The van der Waals surface area contributed by atoms with Gasteiger partial charge in [-0.25, -0.2) is 14.8 Å². The summed E-state index contributed by atoms with van der Waals surface area (Å²) in [4.78, 5) is 12.9. The highest BCUT2D eigenvalue weighted by molar-refractivity contribution is 6.30. The van der Waals surface area contributed by atoms with Crippen molar-refractivity contribution in [3.8, 4) is 17.6 Å². The van der Waals surface area contributed by atoms with Crippen molar-refractivity contribution in [2.45, 2.75) is 6.10 Å². The lowest BCUT2D eigenvalue weighted by Crippen LogP contribution is -2.37. The van der Waals surface area contributed by atoms with Crippen LogP contribution in [-0.2, 0) is 4.74 Å². The molecule has 0 aliphatic carbocycles. The zero-order valence-electron chi connectivity index (χ0n) is 15.9. The number of anilines is 1. The average molecular weight is 420 g/mol. The summed E-state index contributed by atoms with van der Waals surface area (Å²) in [6, 6.07) is 25.2. The van der Waals surface area contributed by atoms with Crippen LogP contribution in [0.3, 0.4) is 0 Å². The fraction of sp³-hybridized carbons (Fsp3) is 0.130. The van der Waals surface area contributed by atoms with Crippen LogP contribution in [0.2, 0.25) is 5.02 Å². The van der Waals surface area contributed by atoms with Crippen molar-refractivity contribution >= 4 is 23.4 Å². The molecule has 1 heterocycles. The molecule has 1 atom stereocenters. The van der Waals surface area contributed by atoms with E-state index in [9.17, 15) is 10.1 Å². The Balaban J connectivity index is 1.51. The van der Waals surface area contributed by atoms with Crippen LogP contribution >= 0.6 is 11.6 Å². The van der Waals surface area contributed by atoms with E-state index in [0.717, 1.165) is 13.1 Å². The molecule has 0 bridgehead atoms. The third kappa shape index (κ3) is 4.71. The molecular formula is C23H18ClN3O3. The number of para-hydroxylation sites is 1. The highest BCUT2D eigenvalue weighted by Crippen LogP contribution is 2.29. The Kier molecular flexibility index (Phi) is 5.84. The van der Waals surface area contributed by atoms with E-state index in [1.807, 2.05) is 35.3 Å². The second kappa shape index (κ2) is 8.87. The van der Waals surface area contributed by atoms with Crippen molar-refractivity contribution in [2.75, 3.05) is 18.1 Å². The number of nitriles is 1. The van der Waals surface area contributed by atoms with Crippen molar-refractivity contribution < 1.29 is 14.3 Å². The van der Waals surface area contributed by atoms with Crippen molar-refractivity contribution in [2.24, 2.45) is 0 Å². The first-order valence-electron chi connectivity index (χ1n) is 9.38. The van der Waals surface area contributed by atoms with Gasteiger partial charge >= 0.3 is 6.09 Å². The highest BCUT2D eigenvalue weighted by atomic mass is 35.5. The molecule has 3 aromatic carbocycles. The summed E-state index contributed by atoms with van der Waals surface area (Å²) in [5.41, 5.74) is 1.15. The third-order valence-electron chi connectivity index (χ3n) is 4.43. The summed E-state index contributed by atoms with van der Waals surface area (Å²) in [5, 5.41) is 13.4. The van der Waals surface area contributed by atoms with Gasteiger partial charge in [0.05, 0.1) is 5.69 Å². The van der Waals surface area contributed by atoms with Gasteiger partial charge in [-0.3, -0.25) is 0 Å². The highest BCUT2D eigenvalue weighted by Gasteiger charge is 2.34. The molecule has 0 spiro atoms. The summed E-state index contributed by atoms with van der Waals surface area (Å²) < 4.78 is 11.3. The predicted octanol–water partition coefficient (Wildman–Crippen LogP) is 5.57. The summed E-state index contributed by atoms with van der Waals surface area (Å²) in [5.74, 6) is 1.23. The van der Waals surface area contributed by atoms with Crippen LogP contribution in [-0.4, -0.2) is 24.2 Å². The number of benzene rings is 3. The number of halogens is 1. The second-order valence-corrected chi connectivity index (χ2v) is 7.06. The van der Waals surface area contributed by atoms with Crippen molar-refractivity contribution in [1.29, 1.82) is 5.26 Å². The Morgan fingerprint density at radius 3 is 2.37 bits per heavy atom. The molecule has 1 unspecified atom stereocenters. The molecule has 3 aromatic rings. The number of hydrazine groups is 1. The molecule has 0 aromatic heterocycles. The van der Waals surface area contributed by atoms with Gasteiger partial charge in [0, 0.05) is 23.7 Å². The van der Waals surface area contributed by atoms with E-state index in [2.05, 4.69) is 6.07 Å². The lowest BCUT2D eigenvalue weighted by atomic mass is 10.1. The van der Waals surface area contributed by atoms with Crippen LogP contribution in [0.4, 0.5) is 10.5 Å². The topological polar surface area (TPSA) is 65.6 Å². The quantitative estimate of drug-likeness (QED) is 0.488. The zero-order valence-corrected chi connectivity index (χ0v) is 16.7. The van der Waals surface area contributed by atoms with Gasteiger partial charge in [0.15, 0.2) is 0 Å². The normalized spacial score (nSPS) is 13.7. The molecule has 0 radical (unpaired) electrons. The van der Waals surface area contributed by atoms with E-state index in [4.69, 9.17) is 21.1 Å². The summed E-state index contributed by atoms with van der Waals surface area (Å²) in [7, 11) is 0. The first kappa shape index (κ1) is 19.8. The monoisotopic (exact) mass is 419 g/mol. The fourth-order valence-corrected chi connectivity index (χ4v) is 3.02. The van der Waals surface area contributed by atoms with Gasteiger partial charge in [0.2, 0.25) is 6.10 Å². The van der Waals surface area contributed by atoms with Crippen LogP contribution in [0.25, 0.3) is 0 Å². The van der Waals surface area contributed by atoms with Crippen molar-refractivity contribution in [1.82, 2.24) is 5.01 Å². The van der Waals surface area contributed by atoms with Gasteiger partial charge in [0.1, 0.15) is 17.6 Å². The lowest BCUT2D eigenvalue weighted by molar-refractivity contribution is 0.122. The van der Waals surface area contributed by atoms with Gasteiger partial charge in [-0.2, -0.15) is 5.26 Å². The third-order valence-corrected chi connectivity index (χ3v) is 4.68. The van der Waals surface area contributed by atoms with Crippen LogP contribution in [0.1, 0.15) is 11.7 Å². The SMILES string of the molecule is N#CC(OC(=O)N(c1ccc(Cl)cc1)N1CC1)c1cccc(Oc2ccccc2)c1. The minimum absolute atomic E-state index is 0.529. The maximum Gasteiger partial charge on any atom is 0.430 e. The molecule has 0 N–H and O–H groups in total. The van der Waals surface area contributed by atoms with E-state index >= 15 is 0 Å². The van der Waals surface area contributed by atoms with Crippen molar-refractivity contribution in [3.63, 3.8) is 0 Å². The molecule has 1 amide bonds. The molecule has 150 valence electrons. The molecule has 1 aliphatic rings. The molecule has 30 heavy (non-hydrogen) atoms. The minimum Gasteiger partial charge on any atom is -0.457 e. The first-order chi connectivity index (χ1) is 14.6. The van der Waals surface area contributed by atoms with E-state index in [0.29, 0.717) is 27.8 Å². The number of hydrogen-bond donors (Lipinski definition) is 0. The number of amides is 1. The molecule has 0 saturated carbocycles. The van der Waals surface area contributed by atoms with E-state index in [1.54, 1.807) is 48.5 Å². The molecular weight excluding hydrogens is 402 g/mol. The van der Waals surface area contributed by atoms with E-state index in [1.165, 1.54) is 5.01 Å². The maximum absolute atomic E-state index is 12.9.